The van der Waals surface area contributed by atoms with Gasteiger partial charge in [-0.3, -0.25) is 9.63 Å². The highest BCUT2D eigenvalue weighted by Gasteiger charge is 2.41. The number of methoxy groups -OCH3 is 1. The number of carbonyl (C=O) groups is 1. The van der Waals surface area contributed by atoms with Gasteiger partial charge in [0, 0.05) is 30.7 Å². The summed E-state index contributed by atoms with van der Waals surface area (Å²) in [5, 5.41) is 7.31. The maximum atomic E-state index is 15.0. The van der Waals surface area contributed by atoms with Crippen molar-refractivity contribution in [1.29, 1.82) is 0 Å². The normalized spacial score (nSPS) is 21.3. The number of rotatable bonds is 8. The van der Waals surface area contributed by atoms with E-state index < -0.39 is 23.6 Å². The number of halogens is 4. The van der Waals surface area contributed by atoms with Gasteiger partial charge in [0.1, 0.15) is 23.7 Å². The largest absolute Gasteiger partial charge is 0.494 e. The Balaban J connectivity index is 1.30. The van der Waals surface area contributed by atoms with Crippen molar-refractivity contribution in [2.45, 2.75) is 37.2 Å². The molecule has 2 bridgehead atoms. The smallest absolute Gasteiger partial charge is 0.419 e. The van der Waals surface area contributed by atoms with Crippen LogP contribution in [0, 0.1) is 5.82 Å². The number of nitrogens with zero attached hydrogens (tertiary/aromatic N) is 4. The molecule has 4 heterocycles. The van der Waals surface area contributed by atoms with Crippen molar-refractivity contribution in [3.63, 3.8) is 0 Å². The first-order chi connectivity index (χ1) is 20.7. The van der Waals surface area contributed by atoms with Gasteiger partial charge in [-0.25, -0.2) is 19.4 Å². The summed E-state index contributed by atoms with van der Waals surface area (Å²) in [5.41, 5.74) is 0.275. The molecule has 6 rings (SSSR count). The monoisotopic (exact) mass is 600 g/mol. The van der Waals surface area contributed by atoms with E-state index in [1.165, 1.54) is 42.8 Å². The minimum absolute atomic E-state index is 0.122. The van der Waals surface area contributed by atoms with Crippen LogP contribution >= 0.6 is 0 Å². The van der Waals surface area contributed by atoms with Crippen LogP contribution in [0.5, 0.6) is 5.75 Å². The molecule has 0 unspecified atom stereocenters. The minimum Gasteiger partial charge on any atom is -0.494 e. The first-order valence-electron chi connectivity index (χ1n) is 13.6. The highest BCUT2D eigenvalue weighted by atomic mass is 19.4. The number of hydrogen-bond acceptors (Lipinski definition) is 9. The molecule has 0 saturated carbocycles. The number of carbonyl (C=O) groups excluding carboxylic acids is 1. The number of alkyl halides is 3. The summed E-state index contributed by atoms with van der Waals surface area (Å²) in [7, 11) is 1.52. The first-order valence-corrected chi connectivity index (χ1v) is 13.6. The van der Waals surface area contributed by atoms with Crippen molar-refractivity contribution in [3.05, 3.63) is 72.3 Å². The van der Waals surface area contributed by atoms with Crippen molar-refractivity contribution in [2.75, 3.05) is 47.5 Å². The average Bonchev–Trinajstić information content (AvgIpc) is 3.75. The molecule has 3 aliphatic heterocycles. The molecular weight excluding hydrogens is 572 g/mol. The Kier molecular flexibility index (Phi) is 7.56. The summed E-state index contributed by atoms with van der Waals surface area (Å²) in [4.78, 5) is 28.7. The third-order valence-electron chi connectivity index (χ3n) is 7.71. The Morgan fingerprint density at radius 3 is 2.74 bits per heavy atom. The van der Waals surface area contributed by atoms with E-state index in [9.17, 15) is 22.4 Å². The van der Waals surface area contributed by atoms with Crippen LogP contribution in [0.15, 0.2) is 55.4 Å². The zero-order chi connectivity index (χ0) is 30.3. The molecule has 10 nitrogen and oxygen atoms in total. The van der Waals surface area contributed by atoms with Crippen LogP contribution in [0.3, 0.4) is 0 Å². The third kappa shape index (κ3) is 5.55. The van der Waals surface area contributed by atoms with Crippen molar-refractivity contribution < 1.29 is 36.7 Å². The summed E-state index contributed by atoms with van der Waals surface area (Å²) in [6.07, 6.45) is -1.15. The average molecular weight is 601 g/mol. The molecule has 3 aromatic rings. The lowest BCUT2D eigenvalue weighted by Gasteiger charge is -2.31. The maximum absolute atomic E-state index is 15.0. The van der Waals surface area contributed by atoms with Gasteiger partial charge in [-0.15, -0.1) is 0 Å². The molecule has 3 atom stereocenters. The van der Waals surface area contributed by atoms with E-state index in [1.54, 1.807) is 6.07 Å². The zero-order valence-corrected chi connectivity index (χ0v) is 23.0. The zero-order valence-electron chi connectivity index (χ0n) is 23.0. The summed E-state index contributed by atoms with van der Waals surface area (Å²) < 4.78 is 66.5. The van der Waals surface area contributed by atoms with Gasteiger partial charge in [0.15, 0.2) is 5.82 Å². The fraction of sp³-hybridized carbons (Fsp3) is 0.345. The van der Waals surface area contributed by atoms with Crippen LogP contribution in [0.4, 0.5) is 46.3 Å². The highest BCUT2D eigenvalue weighted by molar-refractivity contribution is 6.02. The van der Waals surface area contributed by atoms with Gasteiger partial charge in [0.2, 0.25) is 5.91 Å². The summed E-state index contributed by atoms with van der Waals surface area (Å²) in [6, 6.07) is 7.57. The molecule has 14 heteroatoms. The van der Waals surface area contributed by atoms with Gasteiger partial charge in [-0.05, 0) is 24.6 Å². The summed E-state index contributed by atoms with van der Waals surface area (Å²) in [6.45, 7) is 4.97. The number of ether oxygens (including phenoxy) is 2. The van der Waals surface area contributed by atoms with Crippen LogP contribution in [0.1, 0.15) is 30.0 Å². The summed E-state index contributed by atoms with van der Waals surface area (Å²) in [5.74, 6) is -0.761. The molecule has 0 radical (unpaired) electrons. The van der Waals surface area contributed by atoms with Gasteiger partial charge in [-0.2, -0.15) is 13.2 Å². The predicted octanol–water partition coefficient (Wildman–Crippen LogP) is 5.37. The van der Waals surface area contributed by atoms with Crippen molar-refractivity contribution in [3.8, 4) is 5.75 Å². The molecule has 2 N–H and O–H groups in total. The van der Waals surface area contributed by atoms with Crippen LogP contribution in [-0.2, 0) is 20.5 Å². The van der Waals surface area contributed by atoms with Crippen LogP contribution < -0.4 is 25.3 Å². The lowest BCUT2D eigenvalue weighted by Crippen LogP contribution is -2.37. The molecule has 1 aromatic heterocycles. The van der Waals surface area contributed by atoms with Gasteiger partial charge >= 0.3 is 6.18 Å². The first kappa shape index (κ1) is 28.7. The predicted molar refractivity (Wildman–Crippen MR) is 150 cm³/mol. The number of amides is 1. The van der Waals surface area contributed by atoms with Crippen molar-refractivity contribution >= 4 is 34.6 Å². The van der Waals surface area contributed by atoms with E-state index >= 15 is 0 Å². The number of morpholine rings is 1. The minimum atomic E-state index is -4.84. The number of aromatic nitrogens is 2. The second kappa shape index (κ2) is 11.3. The molecular formula is C29H28F4N6O4. The maximum Gasteiger partial charge on any atom is 0.419 e. The van der Waals surface area contributed by atoms with E-state index in [2.05, 4.69) is 32.1 Å². The number of hydrogen-bond donors (Lipinski definition) is 2. The molecule has 3 saturated heterocycles. The number of nitrogens with one attached hydrogen (secondary N) is 2. The van der Waals surface area contributed by atoms with Gasteiger partial charge < -0.3 is 25.0 Å². The van der Waals surface area contributed by atoms with Gasteiger partial charge in [0.25, 0.3) is 0 Å². The fourth-order valence-corrected chi connectivity index (χ4v) is 5.73. The molecule has 2 aromatic carbocycles. The quantitative estimate of drug-likeness (QED) is 0.261. The molecule has 43 heavy (non-hydrogen) atoms. The second-order valence-corrected chi connectivity index (χ2v) is 10.3. The van der Waals surface area contributed by atoms with Gasteiger partial charge in [-0.1, -0.05) is 18.7 Å². The number of fused-ring (bicyclic) bond motifs is 2. The lowest BCUT2D eigenvalue weighted by molar-refractivity contribution is -0.140. The molecule has 1 amide bonds. The lowest BCUT2D eigenvalue weighted by atomic mass is 10.0. The van der Waals surface area contributed by atoms with E-state index in [4.69, 9.17) is 14.3 Å². The van der Waals surface area contributed by atoms with E-state index in [-0.39, 0.29) is 42.5 Å². The van der Waals surface area contributed by atoms with Gasteiger partial charge in [0.05, 0.1) is 61.1 Å². The second-order valence-electron chi connectivity index (χ2n) is 10.3. The Morgan fingerprint density at radius 2 is 2.05 bits per heavy atom. The number of benzene rings is 2. The highest BCUT2D eigenvalue weighted by Crippen LogP contribution is 2.44. The topological polar surface area (TPSA) is 101 Å². The van der Waals surface area contributed by atoms with Crippen molar-refractivity contribution in [1.82, 2.24) is 9.97 Å². The third-order valence-corrected chi connectivity index (χ3v) is 7.71. The van der Waals surface area contributed by atoms with E-state index in [0.29, 0.717) is 42.2 Å². The Bertz CT molecular complexity index is 1550. The SMILES string of the molecule is C=CC(=O)Nc1cc(Nc2cc(N3OCC[C@@H]3c3cccc(C(F)(F)F)c3F)ncn2)c(OC)cc1N1C[C@H]2C[C@@H]1CO2. The standard InChI is InChI=1S/C29H28F4N6O4/c1-3-27(40)37-20-10-21(24(41-2)11-23(20)38-13-17-9-16(38)14-42-17)36-25-12-26(35-15-34-25)39-22(7-8-43-39)18-5-4-6-19(28(18)30)29(31,32)33/h3-6,10-12,15-17,22H,1,7-9,13-14H2,2H3,(H,37,40)(H,34,35,36)/t16-,17-,22-/m1/s1. The van der Waals surface area contributed by atoms with Crippen LogP contribution in [-0.4, -0.2) is 54.9 Å². The Morgan fingerprint density at radius 1 is 1.21 bits per heavy atom. The molecule has 3 fully saturated rings. The molecule has 226 valence electrons. The molecule has 0 aliphatic carbocycles. The summed E-state index contributed by atoms with van der Waals surface area (Å²) >= 11 is 0. The Labute approximate surface area is 244 Å². The van der Waals surface area contributed by atoms with E-state index in [0.717, 1.165) is 12.1 Å². The van der Waals surface area contributed by atoms with Crippen molar-refractivity contribution in [2.24, 2.45) is 0 Å². The van der Waals surface area contributed by atoms with Crippen LogP contribution in [0.25, 0.3) is 0 Å². The Hall–Kier alpha value is -4.43. The van der Waals surface area contributed by atoms with Crippen LogP contribution in [0.2, 0.25) is 0 Å². The van der Waals surface area contributed by atoms with E-state index in [1.807, 2.05) is 6.07 Å². The number of hydroxylamine groups is 1. The number of anilines is 5. The molecule has 3 aliphatic rings. The molecule has 0 spiro atoms. The fourth-order valence-electron chi connectivity index (χ4n) is 5.73.